The van der Waals surface area contributed by atoms with E-state index in [1.54, 1.807) is 16.9 Å². The molecular formula is C23H19ClN4O3S. The Morgan fingerprint density at radius 3 is 2.34 bits per heavy atom. The van der Waals surface area contributed by atoms with Crippen molar-refractivity contribution < 1.29 is 13.2 Å². The highest BCUT2D eigenvalue weighted by molar-refractivity contribution is 7.89. The number of hydrogen-bond acceptors (Lipinski definition) is 4. The summed E-state index contributed by atoms with van der Waals surface area (Å²) in [5.41, 5.74) is 1.79. The third-order valence-corrected chi connectivity index (χ3v) is 6.53. The number of rotatable bonds is 7. The molecule has 1 aromatic heterocycles. The lowest BCUT2D eigenvalue weighted by Gasteiger charge is -2.10. The first-order chi connectivity index (χ1) is 15.4. The molecule has 3 aromatic carbocycles. The van der Waals surface area contributed by atoms with Crippen LogP contribution in [0.1, 0.15) is 15.9 Å². The van der Waals surface area contributed by atoms with Crippen LogP contribution < -0.4 is 10.0 Å². The lowest BCUT2D eigenvalue weighted by molar-refractivity contribution is 0.102. The summed E-state index contributed by atoms with van der Waals surface area (Å²) in [5.74, 6) is -0.167. The molecule has 0 aliphatic heterocycles. The van der Waals surface area contributed by atoms with Gasteiger partial charge in [-0.15, -0.1) is 0 Å². The van der Waals surface area contributed by atoms with E-state index in [1.165, 1.54) is 18.2 Å². The van der Waals surface area contributed by atoms with Crippen molar-refractivity contribution in [2.45, 2.75) is 11.4 Å². The van der Waals surface area contributed by atoms with Gasteiger partial charge in [0.05, 0.1) is 10.7 Å². The maximum atomic E-state index is 12.8. The number of nitrogens with one attached hydrogen (secondary N) is 2. The first kappa shape index (κ1) is 21.8. The first-order valence-corrected chi connectivity index (χ1v) is 11.5. The molecule has 0 saturated carbocycles. The third kappa shape index (κ3) is 5.05. The Morgan fingerprint density at radius 2 is 1.62 bits per heavy atom. The van der Waals surface area contributed by atoms with Crippen LogP contribution in [-0.4, -0.2) is 24.1 Å². The molecule has 162 valence electrons. The van der Waals surface area contributed by atoms with Crippen molar-refractivity contribution in [2.24, 2.45) is 0 Å². The average Bonchev–Trinajstić information content (AvgIpc) is 3.28. The summed E-state index contributed by atoms with van der Waals surface area (Å²) in [6.45, 7) is 0.104. The number of benzene rings is 3. The van der Waals surface area contributed by atoms with Gasteiger partial charge in [0.2, 0.25) is 10.0 Å². The van der Waals surface area contributed by atoms with E-state index in [1.807, 2.05) is 60.7 Å². The Hall–Kier alpha value is -3.46. The zero-order valence-electron chi connectivity index (χ0n) is 16.8. The molecule has 2 N–H and O–H groups in total. The van der Waals surface area contributed by atoms with Crippen molar-refractivity contribution in [2.75, 3.05) is 5.32 Å². The number of anilines is 1. The molecule has 0 bridgehead atoms. The first-order valence-electron chi connectivity index (χ1n) is 9.68. The van der Waals surface area contributed by atoms with E-state index in [-0.39, 0.29) is 22.0 Å². The Bertz CT molecular complexity index is 1340. The van der Waals surface area contributed by atoms with Crippen molar-refractivity contribution in [3.8, 4) is 5.69 Å². The Labute approximate surface area is 190 Å². The Kier molecular flexibility index (Phi) is 6.36. The van der Waals surface area contributed by atoms with Crippen LogP contribution in [0.4, 0.5) is 5.82 Å². The molecule has 32 heavy (non-hydrogen) atoms. The zero-order chi connectivity index (χ0) is 22.6. The van der Waals surface area contributed by atoms with Gasteiger partial charge in [-0.1, -0.05) is 60.1 Å². The SMILES string of the molecule is O=C(Nc1ccn(-c2ccccc2)n1)c1ccc(Cl)c(S(=O)(=O)NCc2ccccc2)c1. The topological polar surface area (TPSA) is 93.1 Å². The summed E-state index contributed by atoms with van der Waals surface area (Å²) in [6.07, 6.45) is 1.72. The second-order valence-corrected chi connectivity index (χ2v) is 9.03. The number of carbonyl (C=O) groups is 1. The predicted molar refractivity (Wildman–Crippen MR) is 123 cm³/mol. The van der Waals surface area contributed by atoms with Crippen LogP contribution in [0.25, 0.3) is 5.69 Å². The van der Waals surface area contributed by atoms with Gasteiger partial charge in [0.1, 0.15) is 4.90 Å². The highest BCUT2D eigenvalue weighted by Crippen LogP contribution is 2.23. The monoisotopic (exact) mass is 466 g/mol. The molecule has 1 heterocycles. The molecule has 4 rings (SSSR count). The van der Waals surface area contributed by atoms with Crippen LogP contribution in [0.3, 0.4) is 0 Å². The number of carbonyl (C=O) groups excluding carboxylic acids is 1. The Balaban J connectivity index is 1.50. The van der Waals surface area contributed by atoms with Crippen molar-refractivity contribution in [1.82, 2.24) is 14.5 Å². The summed E-state index contributed by atoms with van der Waals surface area (Å²) >= 11 is 6.13. The lowest BCUT2D eigenvalue weighted by Crippen LogP contribution is -2.24. The van der Waals surface area contributed by atoms with E-state index in [2.05, 4.69) is 15.1 Å². The fourth-order valence-electron chi connectivity index (χ4n) is 3.01. The van der Waals surface area contributed by atoms with Crippen LogP contribution in [0, 0.1) is 0 Å². The van der Waals surface area contributed by atoms with Gasteiger partial charge >= 0.3 is 0 Å². The van der Waals surface area contributed by atoms with Crippen LogP contribution in [-0.2, 0) is 16.6 Å². The van der Waals surface area contributed by atoms with E-state index < -0.39 is 15.9 Å². The molecule has 0 aliphatic carbocycles. The van der Waals surface area contributed by atoms with Crippen molar-refractivity contribution in [3.05, 3.63) is 107 Å². The van der Waals surface area contributed by atoms with Crippen LogP contribution in [0.2, 0.25) is 5.02 Å². The van der Waals surface area contributed by atoms with Crippen molar-refractivity contribution in [1.29, 1.82) is 0 Å². The molecule has 0 saturated heterocycles. The normalized spacial score (nSPS) is 11.3. The van der Waals surface area contributed by atoms with Gasteiger partial charge in [0, 0.05) is 24.4 Å². The average molecular weight is 467 g/mol. The molecular weight excluding hydrogens is 448 g/mol. The molecule has 0 atom stereocenters. The second kappa shape index (κ2) is 9.35. The molecule has 7 nitrogen and oxygen atoms in total. The molecule has 0 spiro atoms. The molecule has 4 aromatic rings. The minimum absolute atomic E-state index is 0.0236. The third-order valence-electron chi connectivity index (χ3n) is 4.64. The van der Waals surface area contributed by atoms with E-state index >= 15 is 0 Å². The fraction of sp³-hybridized carbons (Fsp3) is 0.0435. The van der Waals surface area contributed by atoms with Gasteiger partial charge in [-0.25, -0.2) is 17.8 Å². The highest BCUT2D eigenvalue weighted by Gasteiger charge is 2.20. The van der Waals surface area contributed by atoms with Gasteiger partial charge in [-0.2, -0.15) is 5.10 Å². The maximum absolute atomic E-state index is 12.8. The number of aromatic nitrogens is 2. The molecule has 0 fully saturated rings. The minimum atomic E-state index is -3.93. The highest BCUT2D eigenvalue weighted by atomic mass is 35.5. The van der Waals surface area contributed by atoms with Gasteiger partial charge in [-0.05, 0) is 35.9 Å². The minimum Gasteiger partial charge on any atom is -0.305 e. The molecule has 9 heteroatoms. The summed E-state index contributed by atoms with van der Waals surface area (Å²) < 4.78 is 29.7. The fourth-order valence-corrected chi connectivity index (χ4v) is 4.55. The van der Waals surface area contributed by atoms with Gasteiger partial charge < -0.3 is 5.32 Å². The van der Waals surface area contributed by atoms with Gasteiger partial charge in [0.25, 0.3) is 5.91 Å². The number of para-hydroxylation sites is 1. The standard InChI is InChI=1S/C23H19ClN4O3S/c24-20-12-11-18(15-21(20)32(30,31)25-16-17-7-3-1-4-8-17)23(29)26-22-13-14-28(27-22)19-9-5-2-6-10-19/h1-15,25H,16H2,(H,26,27,29). The molecule has 0 aliphatic rings. The van der Waals surface area contributed by atoms with E-state index in [0.717, 1.165) is 11.3 Å². The van der Waals surface area contributed by atoms with E-state index in [0.29, 0.717) is 5.82 Å². The summed E-state index contributed by atoms with van der Waals surface area (Å²) in [7, 11) is -3.93. The predicted octanol–water partition coefficient (Wildman–Crippen LogP) is 4.26. The largest absolute Gasteiger partial charge is 0.305 e. The quantitative estimate of drug-likeness (QED) is 0.425. The number of hydrogen-bond donors (Lipinski definition) is 2. The number of sulfonamides is 1. The maximum Gasteiger partial charge on any atom is 0.256 e. The Morgan fingerprint density at radius 1 is 0.938 bits per heavy atom. The molecule has 1 amide bonds. The van der Waals surface area contributed by atoms with Crippen LogP contribution in [0.5, 0.6) is 0 Å². The lowest BCUT2D eigenvalue weighted by atomic mass is 10.2. The number of nitrogens with zero attached hydrogens (tertiary/aromatic N) is 2. The van der Waals surface area contributed by atoms with E-state index in [9.17, 15) is 13.2 Å². The van der Waals surface area contributed by atoms with Gasteiger partial charge in [-0.3, -0.25) is 4.79 Å². The van der Waals surface area contributed by atoms with Crippen LogP contribution >= 0.6 is 11.6 Å². The van der Waals surface area contributed by atoms with Crippen molar-refractivity contribution >= 4 is 33.3 Å². The smallest absolute Gasteiger partial charge is 0.256 e. The van der Waals surface area contributed by atoms with E-state index in [4.69, 9.17) is 11.6 Å². The summed E-state index contributed by atoms with van der Waals surface area (Å²) in [6, 6.07) is 24.3. The summed E-state index contributed by atoms with van der Waals surface area (Å²) in [5, 5.41) is 7.02. The second-order valence-electron chi connectivity index (χ2n) is 6.89. The summed E-state index contributed by atoms with van der Waals surface area (Å²) in [4.78, 5) is 12.5. The zero-order valence-corrected chi connectivity index (χ0v) is 18.3. The van der Waals surface area contributed by atoms with Gasteiger partial charge in [0.15, 0.2) is 5.82 Å². The molecule has 0 radical (unpaired) electrons. The number of amides is 1. The molecule has 0 unspecified atom stereocenters. The van der Waals surface area contributed by atoms with Crippen LogP contribution in [0.15, 0.2) is 96.0 Å². The number of halogens is 1. The van der Waals surface area contributed by atoms with Crippen molar-refractivity contribution in [3.63, 3.8) is 0 Å².